The van der Waals surface area contributed by atoms with E-state index in [0.29, 0.717) is 11.3 Å². The van der Waals surface area contributed by atoms with Crippen LogP contribution in [0.2, 0.25) is 0 Å². The molecule has 2 N–H and O–H groups in total. The average molecular weight is 443 g/mol. The average Bonchev–Trinajstić information content (AvgIpc) is 2.83. The fraction of sp³-hybridized carbons (Fsp3) is 0.0769. The number of methoxy groups -OCH3 is 1. The Morgan fingerprint density at radius 2 is 1.53 bits per heavy atom. The second-order valence-corrected chi connectivity index (χ2v) is 7.50. The number of ether oxygens (including phenoxy) is 2. The van der Waals surface area contributed by atoms with Crippen LogP contribution in [0.15, 0.2) is 91.0 Å². The van der Waals surface area contributed by atoms with Crippen LogP contribution in [-0.4, -0.2) is 18.1 Å². The van der Waals surface area contributed by atoms with Crippen molar-refractivity contribution in [2.75, 3.05) is 12.4 Å². The number of carbonyl (C=O) groups is 1. The molecule has 4 aromatic rings. The van der Waals surface area contributed by atoms with Crippen molar-refractivity contribution >= 4 is 39.7 Å². The smallest absolute Gasteiger partial charge is 0.257 e. The molecule has 0 unspecified atom stereocenters. The fourth-order valence-electron chi connectivity index (χ4n) is 3.30. The first-order chi connectivity index (χ1) is 15.6. The molecule has 0 radical (unpaired) electrons. The Morgan fingerprint density at radius 3 is 2.31 bits per heavy atom. The first-order valence-electron chi connectivity index (χ1n) is 10.1. The molecule has 0 aromatic heterocycles. The summed E-state index contributed by atoms with van der Waals surface area (Å²) in [5.41, 5.74) is 2.07. The maximum Gasteiger partial charge on any atom is 0.257 e. The van der Waals surface area contributed by atoms with E-state index >= 15 is 0 Å². The summed E-state index contributed by atoms with van der Waals surface area (Å²) in [6.07, 6.45) is 0. The van der Waals surface area contributed by atoms with Crippen LogP contribution < -0.4 is 20.1 Å². The monoisotopic (exact) mass is 442 g/mol. The van der Waals surface area contributed by atoms with Gasteiger partial charge in [0.15, 0.2) is 5.11 Å². The van der Waals surface area contributed by atoms with Gasteiger partial charge in [-0.3, -0.25) is 10.1 Å². The Hall–Kier alpha value is -3.90. The van der Waals surface area contributed by atoms with Crippen LogP contribution in [0.1, 0.15) is 15.9 Å². The lowest BCUT2D eigenvalue weighted by Crippen LogP contribution is -2.34. The number of anilines is 1. The highest BCUT2D eigenvalue weighted by molar-refractivity contribution is 7.80. The minimum Gasteiger partial charge on any atom is -0.497 e. The van der Waals surface area contributed by atoms with Crippen LogP contribution in [0.4, 0.5) is 5.69 Å². The Kier molecular flexibility index (Phi) is 6.63. The molecule has 0 aliphatic heterocycles. The van der Waals surface area contributed by atoms with Gasteiger partial charge in [0.25, 0.3) is 5.91 Å². The van der Waals surface area contributed by atoms with Gasteiger partial charge in [0.2, 0.25) is 0 Å². The second kappa shape index (κ2) is 9.94. The van der Waals surface area contributed by atoms with E-state index in [2.05, 4.69) is 10.6 Å². The molecule has 160 valence electrons. The zero-order valence-electron chi connectivity index (χ0n) is 17.5. The fourth-order valence-corrected chi connectivity index (χ4v) is 3.51. The highest BCUT2D eigenvalue weighted by Gasteiger charge is 2.13. The number of carbonyl (C=O) groups excluding carboxylic acids is 1. The number of benzene rings is 4. The van der Waals surface area contributed by atoms with E-state index in [1.165, 1.54) is 0 Å². The summed E-state index contributed by atoms with van der Waals surface area (Å²) in [5, 5.41) is 8.30. The van der Waals surface area contributed by atoms with Gasteiger partial charge in [-0.05, 0) is 65.5 Å². The van der Waals surface area contributed by atoms with E-state index < -0.39 is 0 Å². The third-order valence-electron chi connectivity index (χ3n) is 4.95. The molecule has 0 heterocycles. The zero-order chi connectivity index (χ0) is 22.3. The van der Waals surface area contributed by atoms with Gasteiger partial charge in [0.1, 0.15) is 18.1 Å². The van der Waals surface area contributed by atoms with Gasteiger partial charge in [-0.25, -0.2) is 0 Å². The minimum atomic E-state index is -0.294. The molecule has 0 bridgehead atoms. The van der Waals surface area contributed by atoms with Crippen LogP contribution in [0, 0.1) is 0 Å². The van der Waals surface area contributed by atoms with Crippen molar-refractivity contribution in [1.29, 1.82) is 0 Å². The van der Waals surface area contributed by atoms with Crippen molar-refractivity contribution in [2.24, 2.45) is 0 Å². The van der Waals surface area contributed by atoms with Gasteiger partial charge < -0.3 is 14.8 Å². The molecule has 0 saturated carbocycles. The number of nitrogens with one attached hydrogen (secondary N) is 2. The lowest BCUT2D eigenvalue weighted by Gasteiger charge is -2.13. The Morgan fingerprint density at radius 1 is 0.844 bits per heavy atom. The summed E-state index contributed by atoms with van der Waals surface area (Å²) in [6, 6.07) is 28.6. The van der Waals surface area contributed by atoms with Crippen molar-refractivity contribution in [3.05, 3.63) is 102 Å². The molecule has 0 aliphatic rings. The Balaban J connectivity index is 1.40. The molecule has 5 nitrogen and oxygen atoms in total. The quantitative estimate of drug-likeness (QED) is 0.383. The first kappa shape index (κ1) is 21.3. The van der Waals surface area contributed by atoms with E-state index in [9.17, 15) is 4.79 Å². The molecule has 0 atom stereocenters. The molecule has 32 heavy (non-hydrogen) atoms. The molecule has 4 rings (SSSR count). The third-order valence-corrected chi connectivity index (χ3v) is 5.15. The first-order valence-corrected chi connectivity index (χ1v) is 10.5. The normalized spacial score (nSPS) is 10.4. The van der Waals surface area contributed by atoms with Crippen LogP contribution in [-0.2, 0) is 6.61 Å². The van der Waals surface area contributed by atoms with Crippen molar-refractivity contribution in [3.8, 4) is 11.5 Å². The zero-order valence-corrected chi connectivity index (χ0v) is 18.3. The summed E-state index contributed by atoms with van der Waals surface area (Å²) >= 11 is 5.36. The van der Waals surface area contributed by atoms with Crippen molar-refractivity contribution in [2.45, 2.75) is 6.61 Å². The number of thiocarbonyl (C=S) groups is 1. The summed E-state index contributed by atoms with van der Waals surface area (Å²) < 4.78 is 11.0. The minimum absolute atomic E-state index is 0.233. The molecular formula is C26H22N2O3S. The van der Waals surface area contributed by atoms with E-state index in [4.69, 9.17) is 21.7 Å². The van der Waals surface area contributed by atoms with Gasteiger partial charge in [0.05, 0.1) is 7.11 Å². The number of fused-ring (bicyclic) bond motifs is 1. The van der Waals surface area contributed by atoms with Crippen LogP contribution in [0.25, 0.3) is 10.8 Å². The van der Waals surface area contributed by atoms with Gasteiger partial charge in [0, 0.05) is 16.8 Å². The van der Waals surface area contributed by atoms with E-state index in [-0.39, 0.29) is 17.6 Å². The lowest BCUT2D eigenvalue weighted by molar-refractivity contribution is 0.0975. The van der Waals surface area contributed by atoms with Crippen molar-refractivity contribution in [1.82, 2.24) is 5.32 Å². The lowest BCUT2D eigenvalue weighted by atomic mass is 10.1. The molecule has 1 amide bonds. The van der Waals surface area contributed by atoms with Gasteiger partial charge in [-0.1, -0.05) is 48.5 Å². The Bertz CT molecular complexity index is 1260. The summed E-state index contributed by atoms with van der Waals surface area (Å²) in [5.74, 6) is 1.15. The maximum atomic E-state index is 12.9. The predicted molar refractivity (Wildman–Crippen MR) is 131 cm³/mol. The largest absolute Gasteiger partial charge is 0.497 e. The molecule has 0 fully saturated rings. The van der Waals surface area contributed by atoms with Crippen molar-refractivity contribution in [3.63, 3.8) is 0 Å². The van der Waals surface area contributed by atoms with E-state index in [1.807, 2.05) is 84.9 Å². The van der Waals surface area contributed by atoms with Crippen molar-refractivity contribution < 1.29 is 14.3 Å². The number of amides is 1. The SMILES string of the molecule is COc1ccc(OCc2ccccc2C(=O)NC(=S)Nc2ccc3ccccc3c2)cc1. The molecule has 4 aromatic carbocycles. The maximum absolute atomic E-state index is 12.9. The third kappa shape index (κ3) is 5.22. The van der Waals surface area contributed by atoms with Crippen LogP contribution in [0.5, 0.6) is 11.5 Å². The van der Waals surface area contributed by atoms with Crippen LogP contribution >= 0.6 is 12.2 Å². The summed E-state index contributed by atoms with van der Waals surface area (Å²) in [7, 11) is 1.62. The van der Waals surface area contributed by atoms with Gasteiger partial charge >= 0.3 is 0 Å². The second-order valence-electron chi connectivity index (χ2n) is 7.09. The van der Waals surface area contributed by atoms with Gasteiger partial charge in [-0.2, -0.15) is 0 Å². The Labute approximate surface area is 192 Å². The van der Waals surface area contributed by atoms with Crippen LogP contribution in [0.3, 0.4) is 0 Å². The number of hydrogen-bond donors (Lipinski definition) is 2. The molecule has 6 heteroatoms. The standard InChI is InChI=1S/C26H22N2O3S/c1-30-22-12-14-23(15-13-22)31-17-20-8-4-5-9-24(20)25(29)28-26(32)27-21-11-10-18-6-2-3-7-19(18)16-21/h2-16H,17H2,1H3,(H2,27,28,29,32). The summed E-state index contributed by atoms with van der Waals surface area (Å²) in [6.45, 7) is 0.251. The molecular weight excluding hydrogens is 420 g/mol. The van der Waals surface area contributed by atoms with Gasteiger partial charge in [-0.15, -0.1) is 0 Å². The molecule has 0 saturated heterocycles. The highest BCUT2D eigenvalue weighted by Crippen LogP contribution is 2.20. The summed E-state index contributed by atoms with van der Waals surface area (Å²) in [4.78, 5) is 12.9. The molecule has 0 spiro atoms. The van der Waals surface area contributed by atoms with E-state index in [0.717, 1.165) is 27.8 Å². The number of rotatable bonds is 6. The number of hydrogen-bond acceptors (Lipinski definition) is 4. The van der Waals surface area contributed by atoms with E-state index in [1.54, 1.807) is 13.2 Å². The predicted octanol–water partition coefficient (Wildman–Crippen LogP) is 5.55. The highest BCUT2D eigenvalue weighted by atomic mass is 32.1. The topological polar surface area (TPSA) is 59.6 Å². The molecule has 0 aliphatic carbocycles.